The molecule has 0 bridgehead atoms. The van der Waals surface area contributed by atoms with Crippen molar-refractivity contribution in [3.05, 3.63) is 88.4 Å². The number of carbonyl (C=O) groups is 2. The minimum atomic E-state index is -4.20. The van der Waals surface area contributed by atoms with Crippen LogP contribution >= 0.6 is 23.2 Å². The first-order valence-electron chi connectivity index (χ1n) is 13.3. The Morgan fingerprint density at radius 1 is 0.951 bits per heavy atom. The van der Waals surface area contributed by atoms with Gasteiger partial charge >= 0.3 is 0 Å². The third-order valence-corrected chi connectivity index (χ3v) is 9.03. The molecule has 0 aromatic heterocycles. The van der Waals surface area contributed by atoms with Gasteiger partial charge in [0.15, 0.2) is 0 Å². The molecule has 0 radical (unpaired) electrons. The SMILES string of the molecule is CCCCNC(=O)[C@@H](CC)N(Cc1cccc(OC)c1)C(=O)CN(c1ccc(Cl)c(Cl)c1)S(=O)(=O)c1ccccc1. The first kappa shape index (κ1) is 32.2. The van der Waals surface area contributed by atoms with E-state index in [1.54, 1.807) is 43.5 Å². The Morgan fingerprint density at radius 3 is 2.32 bits per heavy atom. The van der Waals surface area contributed by atoms with Gasteiger partial charge in [-0.2, -0.15) is 0 Å². The molecule has 11 heteroatoms. The number of hydrogen-bond acceptors (Lipinski definition) is 5. The Hall–Kier alpha value is -3.27. The van der Waals surface area contributed by atoms with Gasteiger partial charge in [0.25, 0.3) is 10.0 Å². The molecule has 0 fully saturated rings. The van der Waals surface area contributed by atoms with Crippen LogP contribution in [-0.2, 0) is 26.2 Å². The van der Waals surface area contributed by atoms with Gasteiger partial charge in [-0.15, -0.1) is 0 Å². The van der Waals surface area contributed by atoms with E-state index in [2.05, 4.69) is 5.32 Å². The molecule has 0 saturated heterocycles. The Labute approximate surface area is 252 Å². The highest BCUT2D eigenvalue weighted by Gasteiger charge is 2.33. The molecule has 0 aliphatic carbocycles. The zero-order valence-corrected chi connectivity index (χ0v) is 25.7. The average molecular weight is 621 g/mol. The average Bonchev–Trinajstić information content (AvgIpc) is 2.97. The van der Waals surface area contributed by atoms with E-state index >= 15 is 0 Å². The number of sulfonamides is 1. The Balaban J connectivity index is 2.05. The molecule has 41 heavy (non-hydrogen) atoms. The molecule has 3 rings (SSSR count). The summed E-state index contributed by atoms with van der Waals surface area (Å²) >= 11 is 12.4. The summed E-state index contributed by atoms with van der Waals surface area (Å²) in [7, 11) is -2.66. The van der Waals surface area contributed by atoms with Crippen molar-refractivity contribution in [3.63, 3.8) is 0 Å². The highest BCUT2D eigenvalue weighted by atomic mass is 35.5. The molecule has 0 aliphatic rings. The summed E-state index contributed by atoms with van der Waals surface area (Å²) in [5, 5.41) is 3.29. The number of nitrogens with one attached hydrogen (secondary N) is 1. The van der Waals surface area contributed by atoms with Gasteiger partial charge in [0, 0.05) is 13.1 Å². The summed E-state index contributed by atoms with van der Waals surface area (Å²) in [6.07, 6.45) is 2.03. The van der Waals surface area contributed by atoms with E-state index < -0.39 is 28.5 Å². The molecule has 0 aliphatic heterocycles. The van der Waals surface area contributed by atoms with Gasteiger partial charge in [-0.05, 0) is 60.9 Å². The Bertz CT molecular complexity index is 1440. The third kappa shape index (κ3) is 8.38. The quantitative estimate of drug-likeness (QED) is 0.226. The van der Waals surface area contributed by atoms with Crippen LogP contribution in [0.3, 0.4) is 0 Å². The summed E-state index contributed by atoms with van der Waals surface area (Å²) in [4.78, 5) is 28.8. The van der Waals surface area contributed by atoms with Crippen LogP contribution in [0.4, 0.5) is 5.69 Å². The normalized spacial score (nSPS) is 11.9. The number of carbonyl (C=O) groups excluding carboxylic acids is 2. The molecule has 8 nitrogen and oxygen atoms in total. The van der Waals surface area contributed by atoms with Crippen LogP contribution in [-0.4, -0.2) is 51.4 Å². The number of hydrogen-bond donors (Lipinski definition) is 1. The van der Waals surface area contributed by atoms with Crippen LogP contribution in [0.2, 0.25) is 10.0 Å². The number of rotatable bonds is 14. The maximum atomic E-state index is 14.1. The van der Waals surface area contributed by atoms with Crippen molar-refractivity contribution in [3.8, 4) is 5.75 Å². The van der Waals surface area contributed by atoms with Gasteiger partial charge in [0.2, 0.25) is 11.8 Å². The molecule has 1 N–H and O–H groups in total. The van der Waals surface area contributed by atoms with Crippen molar-refractivity contribution in [2.75, 3.05) is 24.5 Å². The van der Waals surface area contributed by atoms with E-state index in [1.165, 1.54) is 35.2 Å². The fourth-order valence-electron chi connectivity index (χ4n) is 4.28. The van der Waals surface area contributed by atoms with E-state index in [1.807, 2.05) is 19.9 Å². The number of anilines is 1. The lowest BCUT2D eigenvalue weighted by molar-refractivity contribution is -0.140. The monoisotopic (exact) mass is 619 g/mol. The van der Waals surface area contributed by atoms with Crippen LogP contribution in [0.25, 0.3) is 0 Å². The predicted molar refractivity (Wildman–Crippen MR) is 163 cm³/mol. The van der Waals surface area contributed by atoms with E-state index in [0.717, 1.165) is 22.7 Å². The van der Waals surface area contributed by atoms with Gasteiger partial charge in [0.1, 0.15) is 18.3 Å². The number of unbranched alkanes of at least 4 members (excludes halogenated alkanes) is 1. The summed E-state index contributed by atoms with van der Waals surface area (Å²) < 4.78 is 34.1. The van der Waals surface area contributed by atoms with Crippen molar-refractivity contribution in [2.45, 2.75) is 50.6 Å². The lowest BCUT2D eigenvalue weighted by Gasteiger charge is -2.33. The summed E-state index contributed by atoms with van der Waals surface area (Å²) in [6.45, 7) is 3.80. The molecule has 0 unspecified atom stereocenters. The molecule has 3 aromatic carbocycles. The highest BCUT2D eigenvalue weighted by molar-refractivity contribution is 7.92. The first-order chi connectivity index (χ1) is 19.6. The lowest BCUT2D eigenvalue weighted by Crippen LogP contribution is -2.52. The zero-order chi connectivity index (χ0) is 30.0. The fraction of sp³-hybridized carbons (Fsp3) is 0.333. The summed E-state index contributed by atoms with van der Waals surface area (Å²) in [5.41, 5.74) is 0.892. The Morgan fingerprint density at radius 2 is 1.68 bits per heavy atom. The molecule has 0 saturated carbocycles. The number of methoxy groups -OCH3 is 1. The van der Waals surface area contributed by atoms with Gasteiger partial charge in [-0.1, -0.05) is 73.8 Å². The number of benzene rings is 3. The topological polar surface area (TPSA) is 96.0 Å². The second-order valence-electron chi connectivity index (χ2n) is 9.36. The second-order valence-corrected chi connectivity index (χ2v) is 12.0. The largest absolute Gasteiger partial charge is 0.497 e. The molecule has 0 spiro atoms. The van der Waals surface area contributed by atoms with E-state index in [-0.39, 0.29) is 33.1 Å². The van der Waals surface area contributed by atoms with Crippen LogP contribution in [0.15, 0.2) is 77.7 Å². The van der Waals surface area contributed by atoms with Crippen molar-refractivity contribution in [1.82, 2.24) is 10.2 Å². The standard InChI is InChI=1S/C30H35Cl2N3O5S/c1-4-6-17-33-30(37)28(5-2)34(20-22-11-10-12-24(18-22)40-3)29(36)21-35(23-15-16-26(31)27(32)19-23)41(38,39)25-13-8-7-9-14-25/h7-16,18-19,28H,4-6,17,20-21H2,1-3H3,(H,33,37)/t28-/m1/s1. The van der Waals surface area contributed by atoms with Crippen LogP contribution in [0, 0.1) is 0 Å². The molecular weight excluding hydrogens is 585 g/mol. The maximum absolute atomic E-state index is 14.1. The van der Waals surface area contributed by atoms with E-state index in [9.17, 15) is 18.0 Å². The zero-order valence-electron chi connectivity index (χ0n) is 23.3. The van der Waals surface area contributed by atoms with E-state index in [4.69, 9.17) is 27.9 Å². The highest BCUT2D eigenvalue weighted by Crippen LogP contribution is 2.31. The van der Waals surface area contributed by atoms with Crippen molar-refractivity contribution in [1.29, 1.82) is 0 Å². The van der Waals surface area contributed by atoms with E-state index in [0.29, 0.717) is 18.7 Å². The summed E-state index contributed by atoms with van der Waals surface area (Å²) in [6, 6.07) is 18.5. The van der Waals surface area contributed by atoms with Gasteiger partial charge in [-0.3, -0.25) is 13.9 Å². The molecule has 2 amide bonds. The fourth-order valence-corrected chi connectivity index (χ4v) is 6.00. The third-order valence-electron chi connectivity index (χ3n) is 6.50. The van der Waals surface area contributed by atoms with Crippen LogP contribution in [0.5, 0.6) is 5.75 Å². The smallest absolute Gasteiger partial charge is 0.264 e. The minimum Gasteiger partial charge on any atom is -0.497 e. The molecular formula is C30H35Cl2N3O5S. The van der Waals surface area contributed by atoms with Crippen molar-refractivity contribution >= 4 is 50.7 Å². The van der Waals surface area contributed by atoms with Crippen molar-refractivity contribution in [2.24, 2.45) is 0 Å². The molecule has 220 valence electrons. The van der Waals surface area contributed by atoms with Gasteiger partial charge < -0.3 is 15.0 Å². The number of halogens is 2. The first-order valence-corrected chi connectivity index (χ1v) is 15.5. The van der Waals surface area contributed by atoms with Crippen LogP contribution in [0.1, 0.15) is 38.7 Å². The number of amides is 2. The van der Waals surface area contributed by atoms with Crippen molar-refractivity contribution < 1.29 is 22.7 Å². The number of nitrogens with zero attached hydrogens (tertiary/aromatic N) is 2. The minimum absolute atomic E-state index is 0.00238. The molecule has 1 atom stereocenters. The van der Waals surface area contributed by atoms with Gasteiger partial charge in [-0.25, -0.2) is 8.42 Å². The molecule has 3 aromatic rings. The Kier molecular flexibility index (Phi) is 11.9. The van der Waals surface area contributed by atoms with Crippen LogP contribution < -0.4 is 14.4 Å². The summed E-state index contributed by atoms with van der Waals surface area (Å²) in [5.74, 6) is -0.264. The maximum Gasteiger partial charge on any atom is 0.264 e. The number of ether oxygens (including phenoxy) is 1. The molecule has 0 heterocycles. The second kappa shape index (κ2) is 15.1. The lowest BCUT2D eigenvalue weighted by atomic mass is 10.1. The predicted octanol–water partition coefficient (Wildman–Crippen LogP) is 5.92. The van der Waals surface area contributed by atoms with Gasteiger partial charge in [0.05, 0.1) is 27.7 Å².